The highest BCUT2D eigenvalue weighted by atomic mass is 19.2. The van der Waals surface area contributed by atoms with Crippen molar-refractivity contribution in [2.45, 2.75) is 25.3 Å². The number of nitrogens with one attached hydrogen (secondary N) is 1. The van der Waals surface area contributed by atoms with Crippen molar-refractivity contribution in [3.05, 3.63) is 65.7 Å². The van der Waals surface area contributed by atoms with Crippen molar-refractivity contribution in [2.24, 2.45) is 0 Å². The Balaban J connectivity index is 1.58. The first-order valence-corrected chi connectivity index (χ1v) is 9.13. The molecule has 1 aliphatic heterocycles. The Morgan fingerprint density at radius 2 is 1.86 bits per heavy atom. The first kappa shape index (κ1) is 18.1. The Hall–Kier alpha value is -3.29. The van der Waals surface area contributed by atoms with Gasteiger partial charge in [-0.1, -0.05) is 30.3 Å². The van der Waals surface area contributed by atoms with Crippen LogP contribution >= 0.6 is 0 Å². The van der Waals surface area contributed by atoms with Gasteiger partial charge >= 0.3 is 0 Å². The molecule has 0 bridgehead atoms. The van der Waals surface area contributed by atoms with Gasteiger partial charge in [-0.25, -0.2) is 8.78 Å². The van der Waals surface area contributed by atoms with Gasteiger partial charge in [-0.3, -0.25) is 0 Å². The molecule has 0 saturated carbocycles. The SMILES string of the molecule is Nc1nc(Nc2ccccc2)nc(N2CCCC2Cc2cccc(F)c2F)n1. The van der Waals surface area contributed by atoms with Gasteiger partial charge in [0.05, 0.1) is 0 Å². The average molecular weight is 382 g/mol. The molecule has 8 heteroatoms. The Morgan fingerprint density at radius 3 is 2.68 bits per heavy atom. The normalized spacial score (nSPS) is 16.4. The van der Waals surface area contributed by atoms with Gasteiger partial charge in [0.1, 0.15) is 0 Å². The first-order valence-electron chi connectivity index (χ1n) is 9.13. The molecule has 4 rings (SSSR count). The van der Waals surface area contributed by atoms with Gasteiger partial charge in [-0.15, -0.1) is 0 Å². The molecule has 1 unspecified atom stereocenters. The fourth-order valence-electron chi connectivity index (χ4n) is 3.49. The molecule has 1 aromatic heterocycles. The Kier molecular flexibility index (Phi) is 5.01. The Morgan fingerprint density at radius 1 is 1.04 bits per heavy atom. The van der Waals surface area contributed by atoms with Gasteiger partial charge in [0.15, 0.2) is 11.6 Å². The fraction of sp³-hybridized carbons (Fsp3) is 0.250. The highest BCUT2D eigenvalue weighted by Crippen LogP contribution is 2.27. The number of nitrogen functional groups attached to an aromatic ring is 1. The third kappa shape index (κ3) is 3.85. The summed E-state index contributed by atoms with van der Waals surface area (Å²) in [4.78, 5) is 14.9. The molecule has 6 nitrogen and oxygen atoms in total. The maximum absolute atomic E-state index is 14.1. The van der Waals surface area contributed by atoms with Crippen LogP contribution in [0.1, 0.15) is 18.4 Å². The lowest BCUT2D eigenvalue weighted by Gasteiger charge is -2.25. The van der Waals surface area contributed by atoms with E-state index in [2.05, 4.69) is 20.3 Å². The number of hydrogen-bond acceptors (Lipinski definition) is 6. The molecule has 2 heterocycles. The van der Waals surface area contributed by atoms with Crippen molar-refractivity contribution in [1.29, 1.82) is 0 Å². The lowest BCUT2D eigenvalue weighted by molar-refractivity contribution is 0.492. The summed E-state index contributed by atoms with van der Waals surface area (Å²) in [6.45, 7) is 0.718. The molecule has 2 aromatic carbocycles. The standard InChI is InChI=1S/C20H20F2N6/c21-16-10-4-6-13(17(16)22)12-15-9-5-11-28(15)20-26-18(23)25-19(27-20)24-14-7-2-1-3-8-14/h1-4,6-8,10,15H,5,9,11-12H2,(H3,23,24,25,26,27). The molecule has 1 saturated heterocycles. The molecule has 1 fully saturated rings. The van der Waals surface area contributed by atoms with Crippen LogP contribution in [0.25, 0.3) is 0 Å². The van der Waals surface area contributed by atoms with E-state index in [-0.39, 0.29) is 12.0 Å². The second-order valence-corrected chi connectivity index (χ2v) is 6.71. The van der Waals surface area contributed by atoms with E-state index in [0.717, 1.165) is 31.1 Å². The number of anilines is 4. The van der Waals surface area contributed by atoms with Gasteiger partial charge in [0.25, 0.3) is 0 Å². The molecule has 28 heavy (non-hydrogen) atoms. The summed E-state index contributed by atoms with van der Waals surface area (Å²) >= 11 is 0. The maximum Gasteiger partial charge on any atom is 0.233 e. The number of aromatic nitrogens is 3. The van der Waals surface area contributed by atoms with Gasteiger partial charge in [0.2, 0.25) is 17.8 Å². The van der Waals surface area contributed by atoms with Crippen LogP contribution in [0, 0.1) is 11.6 Å². The maximum atomic E-state index is 14.1. The van der Waals surface area contributed by atoms with Gasteiger partial charge in [0, 0.05) is 18.3 Å². The highest BCUT2D eigenvalue weighted by Gasteiger charge is 2.28. The van der Waals surface area contributed by atoms with Gasteiger partial charge in [-0.2, -0.15) is 15.0 Å². The number of benzene rings is 2. The monoisotopic (exact) mass is 382 g/mol. The van der Waals surface area contributed by atoms with E-state index >= 15 is 0 Å². The topological polar surface area (TPSA) is 80.0 Å². The molecule has 1 aliphatic rings. The van der Waals surface area contributed by atoms with Crippen molar-refractivity contribution >= 4 is 23.5 Å². The molecule has 0 radical (unpaired) electrons. The summed E-state index contributed by atoms with van der Waals surface area (Å²) in [5.74, 6) is -0.746. The summed E-state index contributed by atoms with van der Waals surface area (Å²) in [6.07, 6.45) is 2.12. The van der Waals surface area contributed by atoms with E-state index in [4.69, 9.17) is 5.73 Å². The molecular formula is C20H20F2N6. The van der Waals surface area contributed by atoms with E-state index in [9.17, 15) is 8.78 Å². The number of hydrogen-bond donors (Lipinski definition) is 2. The predicted molar refractivity (Wildman–Crippen MR) is 104 cm³/mol. The first-order chi connectivity index (χ1) is 13.6. The van der Waals surface area contributed by atoms with Gasteiger partial charge in [-0.05, 0) is 43.0 Å². The van der Waals surface area contributed by atoms with Gasteiger partial charge < -0.3 is 16.0 Å². The zero-order valence-corrected chi connectivity index (χ0v) is 15.1. The third-order valence-electron chi connectivity index (χ3n) is 4.79. The minimum Gasteiger partial charge on any atom is -0.368 e. The second kappa shape index (κ2) is 7.75. The Labute approximate surface area is 161 Å². The zero-order valence-electron chi connectivity index (χ0n) is 15.1. The molecule has 1 atom stereocenters. The van der Waals surface area contributed by atoms with E-state index < -0.39 is 11.6 Å². The number of halogens is 2. The highest BCUT2D eigenvalue weighted by molar-refractivity contribution is 5.55. The second-order valence-electron chi connectivity index (χ2n) is 6.71. The molecule has 0 spiro atoms. The number of nitrogens with zero attached hydrogens (tertiary/aromatic N) is 4. The van der Waals surface area contributed by atoms with Crippen LogP contribution in [-0.2, 0) is 6.42 Å². The van der Waals surface area contributed by atoms with E-state index in [1.54, 1.807) is 6.07 Å². The Bertz CT molecular complexity index is 966. The lowest BCUT2D eigenvalue weighted by atomic mass is 10.0. The zero-order chi connectivity index (χ0) is 19.5. The minimum atomic E-state index is -0.833. The molecule has 0 amide bonds. The fourth-order valence-corrected chi connectivity index (χ4v) is 3.49. The summed E-state index contributed by atoms with van der Waals surface area (Å²) in [5, 5.41) is 3.11. The van der Waals surface area contributed by atoms with E-state index in [1.165, 1.54) is 6.07 Å². The van der Waals surface area contributed by atoms with Crippen molar-refractivity contribution in [3.8, 4) is 0 Å². The quantitative estimate of drug-likeness (QED) is 0.701. The van der Waals surface area contributed by atoms with Crippen LogP contribution in [0.3, 0.4) is 0 Å². The third-order valence-corrected chi connectivity index (χ3v) is 4.79. The molecule has 144 valence electrons. The number of nitrogens with two attached hydrogens (primary N) is 1. The minimum absolute atomic E-state index is 0.0392. The molecule has 0 aliphatic carbocycles. The largest absolute Gasteiger partial charge is 0.368 e. The van der Waals surface area contributed by atoms with Crippen LogP contribution in [0.5, 0.6) is 0 Å². The van der Waals surface area contributed by atoms with Crippen molar-refractivity contribution < 1.29 is 8.78 Å². The molecule has 3 N–H and O–H groups in total. The van der Waals surface area contributed by atoms with Crippen molar-refractivity contribution in [3.63, 3.8) is 0 Å². The summed E-state index contributed by atoms with van der Waals surface area (Å²) in [7, 11) is 0. The smallest absolute Gasteiger partial charge is 0.233 e. The molecule has 3 aromatic rings. The lowest BCUT2D eigenvalue weighted by Crippen LogP contribution is -2.33. The van der Waals surface area contributed by atoms with Crippen LogP contribution in [0.15, 0.2) is 48.5 Å². The summed E-state index contributed by atoms with van der Waals surface area (Å²) in [6, 6.07) is 13.7. The van der Waals surface area contributed by atoms with Crippen LogP contribution in [0.2, 0.25) is 0 Å². The number of para-hydroxylation sites is 1. The molecular weight excluding hydrogens is 362 g/mol. The van der Waals surface area contributed by atoms with Crippen molar-refractivity contribution in [2.75, 3.05) is 22.5 Å². The van der Waals surface area contributed by atoms with Crippen LogP contribution < -0.4 is 16.0 Å². The average Bonchev–Trinajstić information content (AvgIpc) is 3.14. The van der Waals surface area contributed by atoms with Crippen LogP contribution in [0.4, 0.5) is 32.3 Å². The van der Waals surface area contributed by atoms with E-state index in [1.807, 2.05) is 35.2 Å². The van der Waals surface area contributed by atoms with Crippen LogP contribution in [-0.4, -0.2) is 27.5 Å². The predicted octanol–water partition coefficient (Wildman–Crippen LogP) is 3.69. The van der Waals surface area contributed by atoms with Crippen molar-refractivity contribution in [1.82, 2.24) is 15.0 Å². The van der Waals surface area contributed by atoms with E-state index in [0.29, 0.717) is 23.9 Å². The summed E-state index contributed by atoms with van der Waals surface area (Å²) in [5.41, 5.74) is 7.07. The number of rotatable bonds is 5. The summed E-state index contributed by atoms with van der Waals surface area (Å²) < 4.78 is 27.6.